The zero-order chi connectivity index (χ0) is 87.8. The van der Waals surface area contributed by atoms with E-state index in [2.05, 4.69) is 188 Å². The third-order valence-corrected chi connectivity index (χ3v) is 22.1. The van der Waals surface area contributed by atoms with Gasteiger partial charge in [-0.25, -0.2) is 0 Å². The van der Waals surface area contributed by atoms with Gasteiger partial charge in [-0.1, -0.05) is 324 Å². The van der Waals surface area contributed by atoms with Gasteiger partial charge >= 0.3 is 0 Å². The Balaban J connectivity index is 0.985. The first-order valence-corrected chi connectivity index (χ1v) is 37.3. The monoisotopic (exact) mass is 1430 g/mol. The molecule has 0 atom stereocenters. The second kappa shape index (κ2) is 26.4. The molecular weight excluding hydrogens is 1340 g/mol. The molecule has 0 spiro atoms. The molecule has 2 aliphatic rings. The first-order valence-electron chi connectivity index (χ1n) is 45.3. The van der Waals surface area contributed by atoms with E-state index >= 15 is 0 Å². The minimum absolute atomic E-state index is 0.0605. The van der Waals surface area contributed by atoms with Crippen LogP contribution in [0.15, 0.2) is 400 Å². The van der Waals surface area contributed by atoms with Crippen molar-refractivity contribution in [3.05, 3.63) is 406 Å². The number of nitrogens with zero attached hydrogens (tertiary/aromatic N) is 4. The van der Waals surface area contributed by atoms with Gasteiger partial charge in [-0.3, -0.25) is 0 Å². The number of hydrogen-bond donors (Lipinski definition) is 0. The standard InChI is InChI=1S/C106H75BN4/c1-106(2,3)82-66-101-103-102(67-82)111(105-91(78-46-30-44-76(60-78)70-32-10-4-11-33-70)64-81(73-38-16-7-17-39-73)65-92(105)79-47-31-45-77(61-79)71-34-12-5-13-35-71)100-69-84(109-97-54-28-24-50-87(97)88-51-25-29-55-98(88)109)57-59-94(100)107(103)93-58-56-83(108-95-52-26-22-48-85(95)86-49-23-27-53-96(86)108)68-99(93)110(101)104-89(74-40-18-8-19-41-74)62-80(72-36-14-6-15-37-72)63-90(104)75-42-20-9-21-43-75/h4-69H,1-3H3/i22D,23D,24D,25D,26D,27D,28D,29D,48D,49D,50D,51D,52D,53D,54D,55D. The van der Waals surface area contributed by atoms with Gasteiger partial charge in [-0.15, -0.1) is 0 Å². The molecule has 0 saturated carbocycles. The molecule has 0 radical (unpaired) electrons. The van der Waals surface area contributed by atoms with Crippen LogP contribution in [0.4, 0.5) is 34.1 Å². The van der Waals surface area contributed by atoms with Gasteiger partial charge in [0.25, 0.3) is 6.71 Å². The molecule has 17 aromatic carbocycles. The molecule has 0 amide bonds. The van der Waals surface area contributed by atoms with E-state index in [1.807, 2.05) is 146 Å². The maximum atomic E-state index is 10.0. The van der Waals surface area contributed by atoms with E-state index in [9.17, 15) is 19.2 Å². The first-order chi connectivity index (χ1) is 61.4. The van der Waals surface area contributed by atoms with Crippen molar-refractivity contribution in [3.8, 4) is 100 Å². The van der Waals surface area contributed by atoms with E-state index in [4.69, 9.17) is 2.74 Å². The summed E-state index contributed by atoms with van der Waals surface area (Å²) < 4.78 is 156. The lowest BCUT2D eigenvalue weighted by atomic mass is 9.33. The molecule has 522 valence electrons. The van der Waals surface area contributed by atoms with Gasteiger partial charge in [0.05, 0.1) is 55.4 Å². The Kier molecular flexibility index (Phi) is 12.0. The Hall–Kier alpha value is -14.0. The maximum absolute atomic E-state index is 10.0. The van der Waals surface area contributed by atoms with Crippen LogP contribution in [0.25, 0.3) is 144 Å². The topological polar surface area (TPSA) is 16.3 Å². The lowest BCUT2D eigenvalue weighted by molar-refractivity contribution is 0.590. The summed E-state index contributed by atoms with van der Waals surface area (Å²) in [6, 6.07) is 95.8. The molecule has 2 aliphatic heterocycles. The van der Waals surface area contributed by atoms with E-state index in [0.29, 0.717) is 33.9 Å². The molecule has 5 heteroatoms. The summed E-state index contributed by atoms with van der Waals surface area (Å²) in [7, 11) is 0. The molecule has 19 aromatic rings. The summed E-state index contributed by atoms with van der Waals surface area (Å²) in [5.74, 6) is 0. The van der Waals surface area contributed by atoms with E-state index in [0.717, 1.165) is 123 Å². The Morgan fingerprint density at radius 3 is 0.874 bits per heavy atom. The van der Waals surface area contributed by atoms with Gasteiger partial charge in [-0.2, -0.15) is 0 Å². The quantitative estimate of drug-likeness (QED) is 0.113. The molecule has 0 aliphatic carbocycles. The van der Waals surface area contributed by atoms with E-state index in [-0.39, 0.29) is 43.6 Å². The third kappa shape index (κ3) is 11.0. The molecule has 2 aromatic heterocycles. The molecule has 0 unspecified atom stereocenters. The number of benzene rings is 17. The highest BCUT2D eigenvalue weighted by atomic mass is 15.2. The Morgan fingerprint density at radius 1 is 0.252 bits per heavy atom. The second-order valence-electron chi connectivity index (χ2n) is 29.5. The maximum Gasteiger partial charge on any atom is 0.252 e. The average molecular weight is 1430 g/mol. The lowest BCUT2D eigenvalue weighted by Gasteiger charge is -2.46. The van der Waals surface area contributed by atoms with Crippen molar-refractivity contribution in [3.63, 3.8) is 0 Å². The van der Waals surface area contributed by atoms with Crippen molar-refractivity contribution >= 4 is 101 Å². The molecule has 21 rings (SSSR count). The highest BCUT2D eigenvalue weighted by Gasteiger charge is 2.46. The molecular formula is C106H75BN4. The van der Waals surface area contributed by atoms with Gasteiger partial charge in [0, 0.05) is 77.9 Å². The summed E-state index contributed by atoms with van der Waals surface area (Å²) in [6.45, 7) is 5.74. The highest BCUT2D eigenvalue weighted by molar-refractivity contribution is 7.00. The number of para-hydroxylation sites is 4. The van der Waals surface area contributed by atoms with Gasteiger partial charge in [0.2, 0.25) is 0 Å². The number of hydrogen-bond acceptors (Lipinski definition) is 2. The summed E-state index contributed by atoms with van der Waals surface area (Å²) in [4.78, 5) is 4.70. The van der Waals surface area contributed by atoms with Crippen LogP contribution in [0, 0.1) is 0 Å². The molecule has 0 bridgehead atoms. The number of rotatable bonds is 12. The van der Waals surface area contributed by atoms with Crippen molar-refractivity contribution in [1.29, 1.82) is 0 Å². The molecule has 0 saturated heterocycles. The zero-order valence-corrected chi connectivity index (χ0v) is 60.7. The van der Waals surface area contributed by atoms with Crippen LogP contribution in [0.3, 0.4) is 0 Å². The number of anilines is 6. The Labute approximate surface area is 670 Å². The van der Waals surface area contributed by atoms with Crippen LogP contribution in [0.2, 0.25) is 0 Å². The number of fused-ring (bicyclic) bond motifs is 10. The minimum atomic E-state index is -0.817. The zero-order valence-electron chi connectivity index (χ0n) is 76.7. The molecule has 0 N–H and O–H groups in total. The first kappa shape index (κ1) is 50.5. The van der Waals surface area contributed by atoms with Crippen LogP contribution in [0.1, 0.15) is 48.3 Å². The van der Waals surface area contributed by atoms with Crippen LogP contribution < -0.4 is 26.2 Å². The predicted octanol–water partition coefficient (Wildman–Crippen LogP) is 26.6. The van der Waals surface area contributed by atoms with Crippen molar-refractivity contribution in [2.24, 2.45) is 0 Å². The molecule has 4 nitrogen and oxygen atoms in total. The fourth-order valence-corrected chi connectivity index (χ4v) is 17.0. The molecule has 111 heavy (non-hydrogen) atoms. The lowest BCUT2D eigenvalue weighted by Crippen LogP contribution is -2.61. The fraction of sp³-hybridized carbons (Fsp3) is 0.0377. The van der Waals surface area contributed by atoms with Gasteiger partial charge in [0.1, 0.15) is 0 Å². The van der Waals surface area contributed by atoms with Gasteiger partial charge in [0.15, 0.2) is 0 Å². The van der Waals surface area contributed by atoms with Crippen LogP contribution in [-0.4, -0.2) is 15.8 Å². The summed E-state index contributed by atoms with van der Waals surface area (Å²) in [6.07, 6.45) is 0. The van der Waals surface area contributed by atoms with Gasteiger partial charge in [-0.05, 0) is 191 Å². The smallest absolute Gasteiger partial charge is 0.252 e. The van der Waals surface area contributed by atoms with E-state index in [1.165, 1.54) is 0 Å². The largest absolute Gasteiger partial charge is 0.310 e. The Bertz CT molecular complexity index is 7560. The second-order valence-corrected chi connectivity index (χ2v) is 29.5. The minimum Gasteiger partial charge on any atom is -0.310 e. The average Bonchev–Trinajstić information content (AvgIpc) is 1.62. The van der Waals surface area contributed by atoms with Crippen molar-refractivity contribution < 1.29 is 21.9 Å². The van der Waals surface area contributed by atoms with Gasteiger partial charge < -0.3 is 18.9 Å². The Morgan fingerprint density at radius 2 is 0.541 bits per heavy atom. The summed E-state index contributed by atoms with van der Waals surface area (Å²) in [5, 5.41) is -0.333. The van der Waals surface area contributed by atoms with E-state index in [1.54, 1.807) is 9.13 Å². The highest BCUT2D eigenvalue weighted by Crippen LogP contribution is 2.56. The summed E-state index contributed by atoms with van der Waals surface area (Å²) >= 11 is 0. The third-order valence-electron chi connectivity index (χ3n) is 22.1. The van der Waals surface area contributed by atoms with Crippen LogP contribution >= 0.6 is 0 Å². The molecule has 4 heterocycles. The van der Waals surface area contributed by atoms with Crippen LogP contribution in [0.5, 0.6) is 0 Å². The van der Waals surface area contributed by atoms with Crippen LogP contribution in [-0.2, 0) is 5.41 Å². The molecule has 0 fully saturated rings. The summed E-state index contributed by atoms with van der Waals surface area (Å²) in [5.41, 5.74) is 21.1. The van der Waals surface area contributed by atoms with Crippen molar-refractivity contribution in [2.75, 3.05) is 9.80 Å². The van der Waals surface area contributed by atoms with E-state index < -0.39 is 109 Å². The fourth-order valence-electron chi connectivity index (χ4n) is 17.0. The number of aromatic nitrogens is 2. The SMILES string of the molecule is [2H]c1c([2H])c([2H])c2c(c1[2H])c1c([2H])c([2H])c([2H])c([2H])c1n2-c1ccc2c(c1)N(c1c(-c3ccccc3)cc(-c3ccccc3)cc1-c1ccccc1)c1cc(C(C)(C)C)cc3c1B2c1ccc(-n2c4c([2H])c([2H])c([2H])c([2H])c4c4c([2H])c([2H])c([2H])c([2H])c42)cc1N3c1c(-c2cccc(-c3ccccc3)c2)cc(-c2ccccc2)cc1-c1cccc(-c2ccccc2)c1. The normalized spacial score (nSPS) is 14.4. The van der Waals surface area contributed by atoms with Crippen molar-refractivity contribution in [2.45, 2.75) is 26.2 Å². The predicted molar refractivity (Wildman–Crippen MR) is 471 cm³/mol. The van der Waals surface area contributed by atoms with Crippen molar-refractivity contribution in [1.82, 2.24) is 9.13 Å².